The molecule has 0 saturated carbocycles. The number of tetrazole rings is 1. The zero-order valence-electron chi connectivity index (χ0n) is 29.4. The smallest absolute Gasteiger partial charge is 0.213 e. The number of hydrogen-bond acceptors (Lipinski definition) is 5. The molecule has 1 aromatic heterocycles. The maximum absolute atomic E-state index is 4.39. The predicted octanol–water partition coefficient (Wildman–Crippen LogP) is 9.58. The second kappa shape index (κ2) is 13.8. The Labute approximate surface area is 286 Å². The molecule has 47 heavy (non-hydrogen) atoms. The van der Waals surface area contributed by atoms with Gasteiger partial charge in [-0.15, -0.1) is 5.10 Å². The van der Waals surface area contributed by atoms with Gasteiger partial charge in [-0.3, -0.25) is 0 Å². The van der Waals surface area contributed by atoms with E-state index in [0.717, 1.165) is 37.5 Å². The number of para-hydroxylation sites is 2. The summed E-state index contributed by atoms with van der Waals surface area (Å²) in [6, 6.07) is 17.9. The van der Waals surface area contributed by atoms with Crippen LogP contribution in [0.2, 0.25) is 0 Å². The Morgan fingerprint density at radius 1 is 0.872 bits per heavy atom. The minimum Gasteiger partial charge on any atom is -0.344 e. The third kappa shape index (κ3) is 6.31. The van der Waals surface area contributed by atoms with E-state index < -0.39 is 0 Å². The van der Waals surface area contributed by atoms with Crippen LogP contribution in [0.25, 0.3) is 0 Å². The van der Waals surface area contributed by atoms with E-state index in [-0.39, 0.29) is 10.8 Å². The number of fused-ring (bicyclic) bond motifs is 2. The second-order valence-corrected chi connectivity index (χ2v) is 15.1. The van der Waals surface area contributed by atoms with Gasteiger partial charge in [0, 0.05) is 59.4 Å². The summed E-state index contributed by atoms with van der Waals surface area (Å²) in [7, 11) is 1.93. The van der Waals surface area contributed by atoms with Gasteiger partial charge in [0.2, 0.25) is 10.8 Å². The molecule has 3 heterocycles. The molecule has 0 saturated heterocycles. The minimum atomic E-state index is -0.0645. The first-order valence-corrected chi connectivity index (χ1v) is 18.3. The monoisotopic (exact) mass is 647 g/mol. The number of anilines is 1. The van der Waals surface area contributed by atoms with Crippen molar-refractivity contribution in [2.45, 2.75) is 102 Å². The Morgan fingerprint density at radius 3 is 2.36 bits per heavy atom. The van der Waals surface area contributed by atoms with Gasteiger partial charge in [0.15, 0.2) is 5.71 Å². The number of benzene rings is 2. The molecule has 0 unspecified atom stereocenters. The third-order valence-electron chi connectivity index (χ3n) is 10.2. The van der Waals surface area contributed by atoms with Crippen molar-refractivity contribution >= 4 is 28.8 Å². The fourth-order valence-corrected chi connectivity index (χ4v) is 8.54. The van der Waals surface area contributed by atoms with Gasteiger partial charge in [-0.05, 0) is 90.6 Å². The summed E-state index contributed by atoms with van der Waals surface area (Å²) in [5.74, 6) is 0. The van der Waals surface area contributed by atoms with Crippen LogP contribution in [0, 0.1) is 0 Å². The highest BCUT2D eigenvalue weighted by atomic mass is 32.2. The zero-order chi connectivity index (χ0) is 33.2. The molecule has 7 heteroatoms. The molecule has 0 fully saturated rings. The molecule has 0 radical (unpaired) electrons. The van der Waals surface area contributed by atoms with Crippen molar-refractivity contribution in [2.75, 3.05) is 18.0 Å². The quantitative estimate of drug-likeness (QED) is 0.194. The van der Waals surface area contributed by atoms with Crippen LogP contribution in [0.5, 0.6) is 0 Å². The van der Waals surface area contributed by atoms with Gasteiger partial charge >= 0.3 is 0 Å². The largest absolute Gasteiger partial charge is 0.344 e. The number of aryl methyl sites for hydroxylation is 1. The average Bonchev–Trinajstić information content (AvgIpc) is 3.64. The average molecular weight is 648 g/mol. The molecule has 0 spiro atoms. The normalized spacial score (nSPS) is 20.3. The molecule has 0 amide bonds. The van der Waals surface area contributed by atoms with Gasteiger partial charge < -0.3 is 4.90 Å². The Bertz CT molecular complexity index is 1780. The summed E-state index contributed by atoms with van der Waals surface area (Å²) in [6.07, 6.45) is 17.5. The number of allylic oxidation sites excluding steroid dienone is 7. The molecule has 246 valence electrons. The first-order chi connectivity index (χ1) is 22.7. The standard InChI is InChI=1S/C40H51N6S/c1-8-10-27-45-33-21-14-12-19-31(33)39(3,4)35(45)25-23-29-17-16-18-30(37(29)47-38-41-42-43-44(38)7)24-26-36-40(5,6)32-20-13-15-22-34(32)46(36)28-11-9-2/h12-15,19-26H,8-11,16-18,27-28H2,1-7H3/q+1. The lowest BCUT2D eigenvalue weighted by atomic mass is 9.81. The van der Waals surface area contributed by atoms with E-state index in [0.29, 0.717) is 0 Å². The number of thioether (sulfide) groups is 1. The van der Waals surface area contributed by atoms with E-state index >= 15 is 0 Å². The maximum atomic E-state index is 4.39. The zero-order valence-corrected chi connectivity index (χ0v) is 30.2. The number of nitrogens with zero attached hydrogens (tertiary/aromatic N) is 6. The molecular weight excluding hydrogens is 597 g/mol. The van der Waals surface area contributed by atoms with E-state index in [4.69, 9.17) is 0 Å². The van der Waals surface area contributed by atoms with Crippen LogP contribution in [-0.4, -0.2) is 43.6 Å². The lowest BCUT2D eigenvalue weighted by Crippen LogP contribution is -2.28. The Morgan fingerprint density at radius 2 is 1.62 bits per heavy atom. The number of hydrogen-bond donors (Lipinski definition) is 0. The lowest BCUT2D eigenvalue weighted by molar-refractivity contribution is -0.438. The summed E-state index contributed by atoms with van der Waals surface area (Å²) >= 11 is 1.70. The molecular formula is C40H51N6S+. The van der Waals surface area contributed by atoms with Gasteiger partial charge in [0.25, 0.3) is 0 Å². The van der Waals surface area contributed by atoms with Crippen LogP contribution in [0.15, 0.2) is 99.7 Å². The highest BCUT2D eigenvalue weighted by Gasteiger charge is 2.44. The molecule has 1 aliphatic carbocycles. The summed E-state index contributed by atoms with van der Waals surface area (Å²) in [4.78, 5) is 3.84. The highest BCUT2D eigenvalue weighted by molar-refractivity contribution is 8.03. The van der Waals surface area contributed by atoms with E-state index in [1.165, 1.54) is 75.6 Å². The van der Waals surface area contributed by atoms with Crippen LogP contribution in [0.3, 0.4) is 0 Å². The number of rotatable bonds is 11. The van der Waals surface area contributed by atoms with E-state index in [1.807, 2.05) is 7.05 Å². The summed E-state index contributed by atoms with van der Waals surface area (Å²) in [5, 5.41) is 13.3. The molecule has 6 nitrogen and oxygen atoms in total. The van der Waals surface area contributed by atoms with E-state index in [9.17, 15) is 0 Å². The number of unbranched alkanes of at least 4 members (excludes halogenated alkanes) is 2. The molecule has 6 rings (SSSR count). The predicted molar refractivity (Wildman–Crippen MR) is 197 cm³/mol. The summed E-state index contributed by atoms with van der Waals surface area (Å²) in [5.41, 5.74) is 10.9. The van der Waals surface area contributed by atoms with Gasteiger partial charge in [0.1, 0.15) is 6.54 Å². The first kappa shape index (κ1) is 33.2. The Balaban J connectivity index is 1.44. The van der Waals surface area contributed by atoms with Crippen molar-refractivity contribution in [3.8, 4) is 0 Å². The van der Waals surface area contributed by atoms with Crippen LogP contribution in [0.4, 0.5) is 11.4 Å². The van der Waals surface area contributed by atoms with E-state index in [1.54, 1.807) is 16.4 Å². The molecule has 2 aliphatic heterocycles. The lowest BCUT2D eigenvalue weighted by Gasteiger charge is -2.27. The Hall–Kier alpha value is -3.71. The van der Waals surface area contributed by atoms with Crippen LogP contribution >= 0.6 is 11.8 Å². The minimum absolute atomic E-state index is 0.0645. The van der Waals surface area contributed by atoms with Crippen molar-refractivity contribution < 1.29 is 4.58 Å². The maximum Gasteiger partial charge on any atom is 0.213 e. The third-order valence-corrected chi connectivity index (χ3v) is 11.5. The fraction of sp³-hybridized carbons (Fsp3) is 0.450. The molecule has 0 N–H and O–H groups in total. The van der Waals surface area contributed by atoms with Crippen LogP contribution in [0.1, 0.15) is 97.6 Å². The van der Waals surface area contributed by atoms with Crippen molar-refractivity contribution in [3.05, 3.63) is 106 Å². The molecule has 3 aliphatic rings. The van der Waals surface area contributed by atoms with Gasteiger partial charge in [0.05, 0.1) is 5.41 Å². The van der Waals surface area contributed by atoms with E-state index in [2.05, 4.69) is 139 Å². The summed E-state index contributed by atoms with van der Waals surface area (Å²) < 4.78 is 4.34. The van der Waals surface area contributed by atoms with Crippen LogP contribution in [-0.2, 0) is 17.9 Å². The van der Waals surface area contributed by atoms with Crippen molar-refractivity contribution in [3.63, 3.8) is 0 Å². The molecule has 0 atom stereocenters. The molecule has 3 aromatic rings. The van der Waals surface area contributed by atoms with Crippen molar-refractivity contribution in [1.29, 1.82) is 0 Å². The molecule has 2 aromatic carbocycles. The molecule has 0 bridgehead atoms. The number of aromatic nitrogens is 4. The van der Waals surface area contributed by atoms with Crippen molar-refractivity contribution in [2.24, 2.45) is 7.05 Å². The topological polar surface area (TPSA) is 49.9 Å². The first-order valence-electron chi connectivity index (χ1n) is 17.5. The van der Waals surface area contributed by atoms with Crippen LogP contribution < -0.4 is 4.90 Å². The highest BCUT2D eigenvalue weighted by Crippen LogP contribution is 2.48. The Kier molecular flexibility index (Phi) is 9.75. The fourth-order valence-electron chi connectivity index (χ4n) is 7.51. The van der Waals surface area contributed by atoms with Gasteiger partial charge in [-0.2, -0.15) is 4.58 Å². The van der Waals surface area contributed by atoms with Gasteiger partial charge in [-0.1, -0.05) is 89.1 Å². The van der Waals surface area contributed by atoms with Gasteiger partial charge in [-0.25, -0.2) is 4.68 Å². The van der Waals surface area contributed by atoms with Crippen molar-refractivity contribution in [1.82, 2.24) is 20.2 Å². The SMILES string of the molecule is CCCCN1/C(=C/C=C2\CCCC(/C=C/C3=[N+](CCCC)c4ccccc4C3(C)C)=C2Sc2nnnn2C)C(C)(C)c2ccccc21. The summed E-state index contributed by atoms with van der Waals surface area (Å²) in [6.45, 7) is 16.1. The second-order valence-electron chi connectivity index (χ2n) is 14.2.